The van der Waals surface area contributed by atoms with Crippen LogP contribution in [0.3, 0.4) is 0 Å². The zero-order valence-corrected chi connectivity index (χ0v) is 7.54. The molecule has 0 N–H and O–H groups in total. The van der Waals surface area contributed by atoms with E-state index < -0.39 is 29.0 Å². The van der Waals surface area contributed by atoms with Crippen molar-refractivity contribution in [1.82, 2.24) is 0 Å². The molecule has 0 saturated carbocycles. The molecule has 76 valence electrons. The van der Waals surface area contributed by atoms with Gasteiger partial charge in [0.2, 0.25) is 5.82 Å². The van der Waals surface area contributed by atoms with E-state index in [1.54, 1.807) is 6.92 Å². The van der Waals surface area contributed by atoms with Gasteiger partial charge in [0.1, 0.15) is 0 Å². The van der Waals surface area contributed by atoms with Gasteiger partial charge >= 0.3 is 5.69 Å². The molecule has 0 bridgehead atoms. The molecule has 0 spiro atoms. The van der Waals surface area contributed by atoms with E-state index in [0.717, 1.165) is 12.1 Å². The SMILES string of the molecule is CC(CF)c1ccc([N+](=O)[O-])c(F)c1. The molecule has 1 rings (SSSR count). The average molecular weight is 201 g/mol. The number of nitrogens with zero attached hydrogens (tertiary/aromatic N) is 1. The van der Waals surface area contributed by atoms with Gasteiger partial charge in [0.15, 0.2) is 0 Å². The first-order valence-corrected chi connectivity index (χ1v) is 4.06. The highest BCUT2D eigenvalue weighted by Crippen LogP contribution is 2.22. The second-order valence-electron chi connectivity index (χ2n) is 3.02. The molecule has 0 fully saturated rings. The van der Waals surface area contributed by atoms with Gasteiger partial charge in [-0.3, -0.25) is 14.5 Å². The van der Waals surface area contributed by atoms with E-state index in [9.17, 15) is 18.9 Å². The van der Waals surface area contributed by atoms with Gasteiger partial charge in [0.05, 0.1) is 11.6 Å². The van der Waals surface area contributed by atoms with Gasteiger partial charge in [0, 0.05) is 12.0 Å². The van der Waals surface area contributed by atoms with Crippen molar-refractivity contribution in [2.75, 3.05) is 6.67 Å². The van der Waals surface area contributed by atoms with Gasteiger partial charge in [-0.2, -0.15) is 4.39 Å². The summed E-state index contributed by atoms with van der Waals surface area (Å²) >= 11 is 0. The van der Waals surface area contributed by atoms with Gasteiger partial charge in [-0.1, -0.05) is 13.0 Å². The molecule has 1 aromatic rings. The number of nitro groups is 1. The van der Waals surface area contributed by atoms with E-state index in [4.69, 9.17) is 0 Å². The topological polar surface area (TPSA) is 43.1 Å². The minimum Gasteiger partial charge on any atom is -0.258 e. The van der Waals surface area contributed by atoms with Crippen LogP contribution in [-0.4, -0.2) is 11.6 Å². The number of rotatable bonds is 3. The first-order chi connectivity index (χ1) is 6.56. The predicted octanol–water partition coefficient (Wildman–Crippen LogP) is 2.81. The molecule has 0 saturated heterocycles. The van der Waals surface area contributed by atoms with Crippen LogP contribution in [0.2, 0.25) is 0 Å². The summed E-state index contributed by atoms with van der Waals surface area (Å²) in [6.07, 6.45) is 0. The fourth-order valence-electron chi connectivity index (χ4n) is 1.07. The molecule has 0 heterocycles. The van der Waals surface area contributed by atoms with Gasteiger partial charge in [0.25, 0.3) is 0 Å². The molecule has 14 heavy (non-hydrogen) atoms. The zero-order valence-electron chi connectivity index (χ0n) is 7.54. The monoisotopic (exact) mass is 201 g/mol. The summed E-state index contributed by atoms with van der Waals surface area (Å²) in [5.41, 5.74) is -0.157. The molecule has 0 aliphatic carbocycles. The fourth-order valence-corrected chi connectivity index (χ4v) is 1.07. The van der Waals surface area contributed by atoms with Crippen LogP contribution >= 0.6 is 0 Å². The Morgan fingerprint density at radius 2 is 2.21 bits per heavy atom. The van der Waals surface area contributed by atoms with Crippen LogP contribution in [0, 0.1) is 15.9 Å². The van der Waals surface area contributed by atoms with Crippen LogP contribution in [-0.2, 0) is 0 Å². The van der Waals surface area contributed by atoms with Crippen molar-refractivity contribution in [3.8, 4) is 0 Å². The first-order valence-electron chi connectivity index (χ1n) is 4.06. The lowest BCUT2D eigenvalue weighted by atomic mass is 10.0. The van der Waals surface area contributed by atoms with Crippen molar-refractivity contribution in [1.29, 1.82) is 0 Å². The number of halogens is 2. The Labute approximate surface area is 79.5 Å². The lowest BCUT2D eigenvalue weighted by Gasteiger charge is -2.06. The van der Waals surface area contributed by atoms with Crippen LogP contribution in [0.1, 0.15) is 18.4 Å². The lowest BCUT2D eigenvalue weighted by Crippen LogP contribution is -1.98. The maximum Gasteiger partial charge on any atom is 0.304 e. The van der Waals surface area contributed by atoms with Gasteiger partial charge in [-0.05, 0) is 11.6 Å². The number of alkyl halides is 1. The Hall–Kier alpha value is -1.52. The number of hydrogen-bond donors (Lipinski definition) is 0. The van der Waals surface area contributed by atoms with E-state index in [0.29, 0.717) is 5.56 Å². The minimum absolute atomic E-state index is 0.426. The zero-order chi connectivity index (χ0) is 10.7. The molecule has 0 amide bonds. The maximum absolute atomic E-state index is 13.0. The fraction of sp³-hybridized carbons (Fsp3) is 0.333. The molecule has 1 atom stereocenters. The van der Waals surface area contributed by atoms with E-state index in [2.05, 4.69) is 0 Å². The molecule has 3 nitrogen and oxygen atoms in total. The smallest absolute Gasteiger partial charge is 0.258 e. The van der Waals surface area contributed by atoms with Crippen molar-refractivity contribution >= 4 is 5.69 Å². The summed E-state index contributed by atoms with van der Waals surface area (Å²) in [4.78, 5) is 9.46. The number of hydrogen-bond acceptors (Lipinski definition) is 2. The lowest BCUT2D eigenvalue weighted by molar-refractivity contribution is -0.387. The van der Waals surface area contributed by atoms with Crippen molar-refractivity contribution < 1.29 is 13.7 Å². The standard InChI is InChI=1S/C9H9F2NO2/c1-6(5-10)7-2-3-9(12(13)14)8(11)4-7/h2-4,6H,5H2,1H3. The van der Waals surface area contributed by atoms with Crippen molar-refractivity contribution in [2.24, 2.45) is 0 Å². The molecule has 0 aromatic heterocycles. The third kappa shape index (κ3) is 2.04. The molecule has 0 radical (unpaired) electrons. The molecular formula is C9H9F2NO2. The largest absolute Gasteiger partial charge is 0.304 e. The van der Waals surface area contributed by atoms with Crippen molar-refractivity contribution in [3.05, 3.63) is 39.7 Å². The molecule has 1 aromatic carbocycles. The molecule has 1 unspecified atom stereocenters. The third-order valence-electron chi connectivity index (χ3n) is 1.97. The van der Waals surface area contributed by atoms with Crippen LogP contribution in [0.5, 0.6) is 0 Å². The summed E-state index contributed by atoms with van der Waals surface area (Å²) in [6.45, 7) is 0.970. The Kier molecular flexibility index (Phi) is 3.11. The van der Waals surface area contributed by atoms with Gasteiger partial charge in [-0.25, -0.2) is 0 Å². The highest BCUT2D eigenvalue weighted by Gasteiger charge is 2.15. The first kappa shape index (κ1) is 10.6. The van der Waals surface area contributed by atoms with Crippen molar-refractivity contribution in [2.45, 2.75) is 12.8 Å². The Balaban J connectivity index is 3.06. The van der Waals surface area contributed by atoms with Gasteiger partial charge < -0.3 is 0 Å². The normalized spacial score (nSPS) is 12.5. The highest BCUT2D eigenvalue weighted by molar-refractivity contribution is 5.36. The third-order valence-corrected chi connectivity index (χ3v) is 1.97. The molecular weight excluding hydrogens is 192 g/mol. The summed E-state index contributed by atoms with van der Waals surface area (Å²) < 4.78 is 25.2. The average Bonchev–Trinajstić information content (AvgIpc) is 2.15. The Morgan fingerprint density at radius 1 is 1.57 bits per heavy atom. The van der Waals surface area contributed by atoms with Crippen LogP contribution in [0.4, 0.5) is 14.5 Å². The van der Waals surface area contributed by atoms with E-state index in [1.165, 1.54) is 6.07 Å². The molecule has 0 aliphatic rings. The number of benzene rings is 1. The minimum atomic E-state index is -0.923. The molecule has 0 aliphatic heterocycles. The summed E-state index contributed by atoms with van der Waals surface area (Å²) in [6, 6.07) is 3.42. The van der Waals surface area contributed by atoms with E-state index in [-0.39, 0.29) is 0 Å². The summed E-state index contributed by atoms with van der Waals surface area (Å²) in [5.74, 6) is -1.36. The summed E-state index contributed by atoms with van der Waals surface area (Å²) in [7, 11) is 0. The number of nitro benzene ring substituents is 1. The second-order valence-corrected chi connectivity index (χ2v) is 3.02. The maximum atomic E-state index is 13.0. The van der Waals surface area contributed by atoms with Crippen LogP contribution in [0.25, 0.3) is 0 Å². The Morgan fingerprint density at radius 3 is 2.64 bits per heavy atom. The Bertz CT molecular complexity index is 355. The predicted molar refractivity (Wildman–Crippen MR) is 47.4 cm³/mol. The van der Waals surface area contributed by atoms with Crippen LogP contribution < -0.4 is 0 Å². The summed E-state index contributed by atoms with van der Waals surface area (Å²) in [5, 5.41) is 10.3. The van der Waals surface area contributed by atoms with Gasteiger partial charge in [-0.15, -0.1) is 0 Å². The van der Waals surface area contributed by atoms with Crippen molar-refractivity contribution in [3.63, 3.8) is 0 Å². The quantitative estimate of drug-likeness (QED) is 0.557. The van der Waals surface area contributed by atoms with Crippen LogP contribution in [0.15, 0.2) is 18.2 Å². The van der Waals surface area contributed by atoms with E-state index >= 15 is 0 Å². The van der Waals surface area contributed by atoms with E-state index in [1.807, 2.05) is 0 Å². The second kappa shape index (κ2) is 4.13. The highest BCUT2D eigenvalue weighted by atomic mass is 19.1. The molecule has 5 heteroatoms.